The molecule has 118 valence electrons. The van der Waals surface area contributed by atoms with Gasteiger partial charge in [0.2, 0.25) is 0 Å². The first-order chi connectivity index (χ1) is 11.1. The molecule has 0 aliphatic rings. The Morgan fingerprint density at radius 3 is 2.83 bits per heavy atom. The molecule has 0 radical (unpaired) electrons. The number of rotatable bonds is 4. The molecule has 0 aliphatic carbocycles. The summed E-state index contributed by atoms with van der Waals surface area (Å²) >= 11 is 5.00. The Morgan fingerprint density at radius 1 is 1.26 bits per heavy atom. The van der Waals surface area contributed by atoms with Crippen LogP contribution in [0.5, 0.6) is 5.75 Å². The first-order valence-electron chi connectivity index (χ1n) is 7.38. The van der Waals surface area contributed by atoms with Crippen LogP contribution in [-0.4, -0.2) is 16.6 Å². The van der Waals surface area contributed by atoms with Crippen molar-refractivity contribution in [1.29, 1.82) is 0 Å². The van der Waals surface area contributed by atoms with E-state index in [9.17, 15) is 5.11 Å². The van der Waals surface area contributed by atoms with Gasteiger partial charge < -0.3 is 10.4 Å². The van der Waals surface area contributed by atoms with Crippen LogP contribution in [0.4, 0.5) is 5.69 Å². The lowest BCUT2D eigenvalue weighted by atomic mass is 10.2. The van der Waals surface area contributed by atoms with Crippen LogP contribution in [0.3, 0.4) is 0 Å². The molecule has 23 heavy (non-hydrogen) atoms. The average Bonchev–Trinajstić information content (AvgIpc) is 2.91. The fraction of sp³-hybridized carbons (Fsp3) is 0.167. The number of hydrogen-bond acceptors (Lipinski definition) is 4. The number of nitrogens with one attached hydrogen (secondary N) is 1. The van der Waals surface area contributed by atoms with Crippen molar-refractivity contribution in [3.63, 3.8) is 0 Å². The van der Waals surface area contributed by atoms with Crippen LogP contribution in [0, 0.1) is 6.92 Å². The number of halogens is 1. The molecule has 2 aromatic carbocycles. The van der Waals surface area contributed by atoms with Gasteiger partial charge in [0, 0.05) is 12.2 Å². The molecule has 0 saturated carbocycles. The monoisotopic (exact) mass is 388 g/mol. The Kier molecular flexibility index (Phi) is 4.68. The van der Waals surface area contributed by atoms with Gasteiger partial charge in [0.1, 0.15) is 10.8 Å². The molecule has 1 aromatic heterocycles. The van der Waals surface area contributed by atoms with Gasteiger partial charge in [-0.2, -0.15) is 0 Å². The van der Waals surface area contributed by atoms with Crippen molar-refractivity contribution in [2.75, 3.05) is 11.9 Å². The molecule has 5 heteroatoms. The van der Waals surface area contributed by atoms with Gasteiger partial charge in [0.15, 0.2) is 0 Å². The third kappa shape index (κ3) is 3.57. The van der Waals surface area contributed by atoms with Crippen molar-refractivity contribution in [1.82, 2.24) is 4.98 Å². The van der Waals surface area contributed by atoms with Crippen molar-refractivity contribution in [2.45, 2.75) is 13.8 Å². The normalized spacial score (nSPS) is 11.4. The highest BCUT2D eigenvalue weighted by atomic mass is 79.9. The molecule has 1 heterocycles. The van der Waals surface area contributed by atoms with Gasteiger partial charge in [-0.15, -0.1) is 11.3 Å². The standard InChI is InChI=1S/C18H17BrN2OS/c1-3-20-14-10-17-15(8-11(14)2)21-18(23-17)7-5-12-4-6-16(22)13(19)9-12/h4-10,20,22H,3H2,1-2H3/b7-5+. The number of benzene rings is 2. The minimum Gasteiger partial charge on any atom is -0.507 e. The maximum absolute atomic E-state index is 9.53. The summed E-state index contributed by atoms with van der Waals surface area (Å²) in [6, 6.07) is 9.72. The number of anilines is 1. The zero-order chi connectivity index (χ0) is 16.4. The molecule has 2 N–H and O–H groups in total. The zero-order valence-corrected chi connectivity index (χ0v) is 15.3. The van der Waals surface area contributed by atoms with Gasteiger partial charge in [0.05, 0.1) is 14.7 Å². The van der Waals surface area contributed by atoms with Crippen LogP contribution in [0.15, 0.2) is 34.8 Å². The van der Waals surface area contributed by atoms with E-state index in [1.54, 1.807) is 17.4 Å². The van der Waals surface area contributed by atoms with E-state index in [-0.39, 0.29) is 5.75 Å². The van der Waals surface area contributed by atoms with E-state index >= 15 is 0 Å². The average molecular weight is 389 g/mol. The van der Waals surface area contributed by atoms with Crippen molar-refractivity contribution in [3.8, 4) is 5.75 Å². The van der Waals surface area contributed by atoms with Gasteiger partial charge in [0.25, 0.3) is 0 Å². The Morgan fingerprint density at radius 2 is 2.09 bits per heavy atom. The maximum atomic E-state index is 9.53. The lowest BCUT2D eigenvalue weighted by Gasteiger charge is -2.06. The van der Waals surface area contributed by atoms with Gasteiger partial charge in [-0.05, 0) is 71.2 Å². The molecule has 3 rings (SSSR count). The molecule has 0 unspecified atom stereocenters. The number of thiazole rings is 1. The third-order valence-electron chi connectivity index (χ3n) is 3.51. The van der Waals surface area contributed by atoms with Gasteiger partial charge >= 0.3 is 0 Å². The Labute approximate surface area is 147 Å². The highest BCUT2D eigenvalue weighted by Crippen LogP contribution is 2.30. The summed E-state index contributed by atoms with van der Waals surface area (Å²) < 4.78 is 1.87. The number of fused-ring (bicyclic) bond motifs is 1. The minimum atomic E-state index is 0.244. The maximum Gasteiger partial charge on any atom is 0.129 e. The van der Waals surface area contributed by atoms with Crippen molar-refractivity contribution in [3.05, 3.63) is 50.9 Å². The fourth-order valence-corrected chi connectivity index (χ4v) is 3.63. The summed E-state index contributed by atoms with van der Waals surface area (Å²) in [7, 11) is 0. The second kappa shape index (κ2) is 6.72. The zero-order valence-electron chi connectivity index (χ0n) is 12.9. The SMILES string of the molecule is CCNc1cc2sc(/C=C/c3ccc(O)c(Br)c3)nc2cc1C. The van der Waals surface area contributed by atoms with E-state index < -0.39 is 0 Å². The summed E-state index contributed by atoms with van der Waals surface area (Å²) in [4.78, 5) is 4.67. The smallest absolute Gasteiger partial charge is 0.129 e. The van der Waals surface area contributed by atoms with Crippen LogP contribution in [-0.2, 0) is 0 Å². The predicted octanol–water partition coefficient (Wildman–Crippen LogP) is 5.68. The Bertz CT molecular complexity index is 886. The topological polar surface area (TPSA) is 45.1 Å². The van der Waals surface area contributed by atoms with E-state index in [4.69, 9.17) is 0 Å². The second-order valence-corrected chi connectivity index (χ2v) is 7.18. The summed E-state index contributed by atoms with van der Waals surface area (Å²) in [6.45, 7) is 5.11. The molecule has 3 nitrogen and oxygen atoms in total. The van der Waals surface area contributed by atoms with Crippen molar-refractivity contribution >= 4 is 55.3 Å². The van der Waals surface area contributed by atoms with E-state index in [0.717, 1.165) is 22.6 Å². The van der Waals surface area contributed by atoms with Crippen LogP contribution < -0.4 is 5.32 Å². The van der Waals surface area contributed by atoms with E-state index in [1.807, 2.05) is 24.3 Å². The molecule has 0 spiro atoms. The van der Waals surface area contributed by atoms with Crippen molar-refractivity contribution in [2.24, 2.45) is 0 Å². The number of phenolic OH excluding ortho intramolecular Hbond substituents is 1. The van der Waals surface area contributed by atoms with E-state index in [2.05, 4.69) is 52.2 Å². The third-order valence-corrected chi connectivity index (χ3v) is 5.13. The largest absolute Gasteiger partial charge is 0.507 e. The quantitative estimate of drug-likeness (QED) is 0.604. The summed E-state index contributed by atoms with van der Waals surface area (Å²) in [5, 5.41) is 13.9. The van der Waals surface area contributed by atoms with Crippen LogP contribution in [0.2, 0.25) is 0 Å². The van der Waals surface area contributed by atoms with Gasteiger partial charge in [-0.25, -0.2) is 4.98 Å². The highest BCUT2D eigenvalue weighted by Gasteiger charge is 2.06. The lowest BCUT2D eigenvalue weighted by Crippen LogP contribution is -1.98. The first kappa shape index (κ1) is 16.0. The van der Waals surface area contributed by atoms with Gasteiger partial charge in [-0.3, -0.25) is 0 Å². The first-order valence-corrected chi connectivity index (χ1v) is 8.99. The molecular weight excluding hydrogens is 372 g/mol. The molecule has 0 amide bonds. The Hall–Kier alpha value is -1.85. The number of aromatic hydroxyl groups is 1. The molecular formula is C18H17BrN2OS. The van der Waals surface area contributed by atoms with Crippen LogP contribution in [0.25, 0.3) is 22.4 Å². The van der Waals surface area contributed by atoms with E-state index in [0.29, 0.717) is 4.47 Å². The fourth-order valence-electron chi connectivity index (χ4n) is 2.34. The molecule has 0 aliphatic heterocycles. The summed E-state index contributed by atoms with van der Waals surface area (Å²) in [5.74, 6) is 0.244. The summed E-state index contributed by atoms with van der Waals surface area (Å²) in [6.07, 6.45) is 4.01. The number of phenols is 1. The highest BCUT2D eigenvalue weighted by molar-refractivity contribution is 9.10. The molecule has 0 saturated heterocycles. The molecule has 3 aromatic rings. The number of aromatic nitrogens is 1. The number of hydrogen-bond donors (Lipinski definition) is 2. The summed E-state index contributed by atoms with van der Waals surface area (Å²) in [5.41, 5.74) is 4.42. The van der Waals surface area contributed by atoms with Crippen molar-refractivity contribution < 1.29 is 5.11 Å². The lowest BCUT2D eigenvalue weighted by molar-refractivity contribution is 0.472. The predicted molar refractivity (Wildman–Crippen MR) is 103 cm³/mol. The van der Waals surface area contributed by atoms with Gasteiger partial charge in [-0.1, -0.05) is 12.1 Å². The van der Waals surface area contributed by atoms with Crippen LogP contribution >= 0.6 is 27.3 Å². The molecule has 0 fully saturated rings. The Balaban J connectivity index is 1.90. The molecule has 0 atom stereocenters. The number of nitrogens with zero attached hydrogens (tertiary/aromatic N) is 1. The minimum absolute atomic E-state index is 0.244. The van der Waals surface area contributed by atoms with E-state index in [1.165, 1.54) is 16.0 Å². The number of aryl methyl sites for hydroxylation is 1. The second-order valence-electron chi connectivity index (χ2n) is 5.26. The molecule has 0 bridgehead atoms. The van der Waals surface area contributed by atoms with Crippen LogP contribution in [0.1, 0.15) is 23.1 Å².